The van der Waals surface area contributed by atoms with Crippen LogP contribution in [-0.2, 0) is 4.74 Å². The van der Waals surface area contributed by atoms with Crippen molar-refractivity contribution in [1.82, 2.24) is 0 Å². The quantitative estimate of drug-likeness (QED) is 0.270. The van der Waals surface area contributed by atoms with Gasteiger partial charge in [0.15, 0.2) is 11.5 Å². The molecule has 4 aliphatic rings. The van der Waals surface area contributed by atoms with Crippen molar-refractivity contribution < 1.29 is 23.0 Å². The third kappa shape index (κ3) is 7.72. The number of ether oxygens (including phenoxy) is 3. The Morgan fingerprint density at radius 2 is 1.12 bits per heavy atom. The summed E-state index contributed by atoms with van der Waals surface area (Å²) in [6, 6.07) is 2.94. The topological polar surface area (TPSA) is 27.7 Å². The van der Waals surface area contributed by atoms with Crippen LogP contribution < -0.4 is 9.47 Å². The highest BCUT2D eigenvalue weighted by atomic mass is 19.2. The van der Waals surface area contributed by atoms with Gasteiger partial charge in [-0.25, -0.2) is 0 Å². The summed E-state index contributed by atoms with van der Waals surface area (Å²) in [7, 11) is 0. The molecule has 4 unspecified atom stereocenters. The van der Waals surface area contributed by atoms with E-state index < -0.39 is 11.6 Å². The molecule has 5 heteroatoms. The summed E-state index contributed by atoms with van der Waals surface area (Å²) in [4.78, 5) is 0. The van der Waals surface area contributed by atoms with E-state index in [1.54, 1.807) is 6.92 Å². The Morgan fingerprint density at radius 1 is 0.600 bits per heavy atom. The lowest BCUT2D eigenvalue weighted by Crippen LogP contribution is -2.35. The maximum Gasteiger partial charge on any atom is 0.204 e. The van der Waals surface area contributed by atoms with Crippen molar-refractivity contribution >= 4 is 0 Å². The third-order valence-electron chi connectivity index (χ3n) is 11.2. The molecule has 4 atom stereocenters. The van der Waals surface area contributed by atoms with E-state index in [1.807, 2.05) is 0 Å². The molecule has 4 aliphatic carbocycles. The summed E-state index contributed by atoms with van der Waals surface area (Å²) in [5, 5.41) is 0. The minimum absolute atomic E-state index is 0.00369. The molecule has 0 amide bonds. The van der Waals surface area contributed by atoms with E-state index in [-0.39, 0.29) is 11.5 Å². The lowest BCUT2D eigenvalue weighted by molar-refractivity contribution is -0.0395. The summed E-state index contributed by atoms with van der Waals surface area (Å²) >= 11 is 0. The van der Waals surface area contributed by atoms with Crippen LogP contribution in [0.25, 0.3) is 0 Å². The van der Waals surface area contributed by atoms with E-state index in [1.165, 1.54) is 102 Å². The molecule has 0 aromatic heterocycles. The van der Waals surface area contributed by atoms with Gasteiger partial charge in [-0.1, -0.05) is 26.2 Å². The zero-order valence-electron chi connectivity index (χ0n) is 25.2. The van der Waals surface area contributed by atoms with Gasteiger partial charge in [0, 0.05) is 6.61 Å². The zero-order valence-corrected chi connectivity index (χ0v) is 25.2. The number of rotatable bonds is 11. The van der Waals surface area contributed by atoms with Gasteiger partial charge in [0.2, 0.25) is 11.6 Å². The Hall–Kier alpha value is -1.36. The Bertz CT molecular complexity index is 906. The Kier molecular flexibility index (Phi) is 11.1. The van der Waals surface area contributed by atoms with Gasteiger partial charge in [-0.15, -0.1) is 0 Å². The van der Waals surface area contributed by atoms with E-state index in [9.17, 15) is 8.78 Å². The highest BCUT2D eigenvalue weighted by Crippen LogP contribution is 2.45. The van der Waals surface area contributed by atoms with Crippen molar-refractivity contribution in [2.45, 2.75) is 123 Å². The Labute approximate surface area is 242 Å². The summed E-state index contributed by atoms with van der Waals surface area (Å²) in [5.41, 5.74) is 0. The Morgan fingerprint density at radius 3 is 1.75 bits per heavy atom. The van der Waals surface area contributed by atoms with Crippen molar-refractivity contribution in [3.63, 3.8) is 0 Å². The second-order valence-corrected chi connectivity index (χ2v) is 13.8. The second-order valence-electron chi connectivity index (χ2n) is 13.8. The summed E-state index contributed by atoms with van der Waals surface area (Å²) in [6.45, 7) is 5.84. The van der Waals surface area contributed by atoms with Gasteiger partial charge < -0.3 is 14.2 Å². The van der Waals surface area contributed by atoms with Crippen LogP contribution in [0.2, 0.25) is 0 Å². The first-order chi connectivity index (χ1) is 19.5. The molecule has 1 aromatic rings. The Balaban J connectivity index is 0.962. The van der Waals surface area contributed by atoms with Gasteiger partial charge in [0.05, 0.1) is 19.3 Å². The molecule has 40 heavy (non-hydrogen) atoms. The molecule has 0 aliphatic heterocycles. The second kappa shape index (κ2) is 14.7. The molecule has 0 bridgehead atoms. The van der Waals surface area contributed by atoms with Crippen LogP contribution in [0.15, 0.2) is 12.1 Å². The molecular weight excluding hydrogens is 506 g/mol. The van der Waals surface area contributed by atoms with Crippen LogP contribution in [0.1, 0.15) is 117 Å². The van der Waals surface area contributed by atoms with E-state index in [2.05, 4.69) is 6.92 Å². The van der Waals surface area contributed by atoms with Crippen molar-refractivity contribution in [3.05, 3.63) is 23.8 Å². The normalized spacial score (nSPS) is 34.7. The molecule has 4 saturated carbocycles. The molecule has 1 aromatic carbocycles. The highest BCUT2D eigenvalue weighted by molar-refractivity contribution is 5.35. The molecule has 0 saturated heterocycles. The SMILES string of the molecule is CCCC1CCC2CC(OCC3CCC(C4CCC(COc5ccc(OCC)c(F)c5F)CC4)CC3)CCC2C1. The molecule has 226 valence electrons. The summed E-state index contributed by atoms with van der Waals surface area (Å²) in [6.07, 6.45) is 21.8. The predicted octanol–water partition coefficient (Wildman–Crippen LogP) is 9.76. The predicted molar refractivity (Wildman–Crippen MR) is 157 cm³/mol. The molecule has 0 N–H and O–H groups in total. The fraction of sp³-hybridized carbons (Fsp3) is 0.829. The largest absolute Gasteiger partial charge is 0.491 e. The van der Waals surface area contributed by atoms with Crippen LogP contribution in [0, 0.1) is 53.1 Å². The van der Waals surface area contributed by atoms with Gasteiger partial charge >= 0.3 is 0 Å². The first-order valence-electron chi connectivity index (χ1n) is 16.9. The number of fused-ring (bicyclic) bond motifs is 1. The summed E-state index contributed by atoms with van der Waals surface area (Å²) < 4.78 is 45.9. The molecule has 0 radical (unpaired) electrons. The molecule has 0 heterocycles. The van der Waals surface area contributed by atoms with Gasteiger partial charge in [-0.05, 0) is 144 Å². The monoisotopic (exact) mass is 560 g/mol. The van der Waals surface area contributed by atoms with Crippen LogP contribution in [-0.4, -0.2) is 25.9 Å². The number of halogens is 2. The zero-order chi connectivity index (χ0) is 27.9. The minimum Gasteiger partial charge on any atom is -0.491 e. The van der Waals surface area contributed by atoms with Crippen LogP contribution in [0.4, 0.5) is 8.78 Å². The van der Waals surface area contributed by atoms with Crippen molar-refractivity contribution in [2.24, 2.45) is 41.4 Å². The van der Waals surface area contributed by atoms with Gasteiger partial charge in [0.25, 0.3) is 0 Å². The van der Waals surface area contributed by atoms with Crippen molar-refractivity contribution in [2.75, 3.05) is 19.8 Å². The van der Waals surface area contributed by atoms with E-state index in [0.717, 1.165) is 55.0 Å². The standard InChI is InChI=1S/C35H54F2O3/c1-3-5-24-6-15-30-21-31(17-16-29(30)20-24)39-22-25-7-11-27(12-8-25)28-13-9-26(10-14-28)23-40-33-19-18-32(38-4-2)34(36)35(33)37/h18-19,24-31H,3-17,20-23H2,1-2H3. The van der Waals surface area contributed by atoms with E-state index in [4.69, 9.17) is 14.2 Å². The highest BCUT2D eigenvalue weighted by Gasteiger charge is 2.36. The molecule has 3 nitrogen and oxygen atoms in total. The molecular formula is C35H54F2O3. The number of hydrogen-bond donors (Lipinski definition) is 0. The number of benzene rings is 1. The first kappa shape index (κ1) is 30.1. The fourth-order valence-corrected chi connectivity index (χ4v) is 8.79. The van der Waals surface area contributed by atoms with Crippen LogP contribution in [0.3, 0.4) is 0 Å². The smallest absolute Gasteiger partial charge is 0.204 e. The average Bonchev–Trinajstić information content (AvgIpc) is 2.99. The van der Waals surface area contributed by atoms with E-state index >= 15 is 0 Å². The number of hydrogen-bond acceptors (Lipinski definition) is 3. The maximum atomic E-state index is 14.4. The first-order valence-corrected chi connectivity index (χ1v) is 16.9. The molecule has 0 spiro atoms. The lowest BCUT2D eigenvalue weighted by Gasteiger charge is -2.42. The fourth-order valence-electron chi connectivity index (χ4n) is 8.79. The summed E-state index contributed by atoms with van der Waals surface area (Å²) in [5.74, 6) is 3.81. The molecule has 4 fully saturated rings. The van der Waals surface area contributed by atoms with Gasteiger partial charge in [-0.3, -0.25) is 0 Å². The van der Waals surface area contributed by atoms with Gasteiger partial charge in [0.1, 0.15) is 0 Å². The third-order valence-corrected chi connectivity index (χ3v) is 11.2. The average molecular weight is 561 g/mol. The van der Waals surface area contributed by atoms with Crippen molar-refractivity contribution in [3.8, 4) is 11.5 Å². The van der Waals surface area contributed by atoms with Gasteiger partial charge in [-0.2, -0.15) is 8.78 Å². The van der Waals surface area contributed by atoms with Crippen molar-refractivity contribution in [1.29, 1.82) is 0 Å². The lowest BCUT2D eigenvalue weighted by atomic mass is 9.66. The minimum atomic E-state index is -0.957. The van der Waals surface area contributed by atoms with E-state index in [0.29, 0.717) is 25.2 Å². The van der Waals surface area contributed by atoms with Crippen LogP contribution in [0.5, 0.6) is 11.5 Å². The maximum absolute atomic E-state index is 14.4. The van der Waals surface area contributed by atoms with Crippen LogP contribution >= 0.6 is 0 Å². The molecule has 5 rings (SSSR count).